The molecule has 2 aromatic carbocycles. The summed E-state index contributed by atoms with van der Waals surface area (Å²) in [6.07, 6.45) is 0.318. The van der Waals surface area contributed by atoms with Crippen LogP contribution in [0.15, 0.2) is 42.5 Å². The largest absolute Gasteiger partial charge is 0.352 e. The van der Waals surface area contributed by atoms with E-state index in [0.717, 1.165) is 6.07 Å². The van der Waals surface area contributed by atoms with Crippen molar-refractivity contribution in [3.05, 3.63) is 70.8 Å². The first-order valence-corrected chi connectivity index (χ1v) is 6.32. The van der Waals surface area contributed by atoms with E-state index in [-0.39, 0.29) is 12.5 Å². The first-order chi connectivity index (χ1) is 10.1. The minimum atomic E-state index is -0.641. The Hall–Kier alpha value is -2.74. The second-order valence-corrected chi connectivity index (χ2v) is 4.48. The highest BCUT2D eigenvalue weighted by Crippen LogP contribution is 2.08. The third kappa shape index (κ3) is 4.11. The van der Waals surface area contributed by atoms with Crippen LogP contribution in [0.1, 0.15) is 21.5 Å². The van der Waals surface area contributed by atoms with E-state index in [2.05, 4.69) is 5.32 Å². The predicted octanol–water partition coefficient (Wildman–Crippen LogP) is 2.81. The van der Waals surface area contributed by atoms with E-state index in [9.17, 15) is 13.6 Å². The second-order valence-electron chi connectivity index (χ2n) is 4.48. The fourth-order valence-corrected chi connectivity index (χ4v) is 1.91. The van der Waals surface area contributed by atoms with Crippen molar-refractivity contribution >= 4 is 5.91 Å². The molecule has 106 valence electrons. The van der Waals surface area contributed by atoms with Crippen LogP contribution in [-0.4, -0.2) is 12.5 Å². The van der Waals surface area contributed by atoms with Crippen LogP contribution in [0.2, 0.25) is 0 Å². The Bertz CT molecular complexity index is 687. The van der Waals surface area contributed by atoms with Crippen molar-refractivity contribution in [1.82, 2.24) is 5.32 Å². The molecule has 2 aromatic rings. The third-order valence-corrected chi connectivity index (χ3v) is 2.88. The average Bonchev–Trinajstić information content (AvgIpc) is 2.46. The van der Waals surface area contributed by atoms with Crippen molar-refractivity contribution in [2.45, 2.75) is 6.42 Å². The Balaban J connectivity index is 1.93. The highest BCUT2D eigenvalue weighted by atomic mass is 19.1. The van der Waals surface area contributed by atoms with Gasteiger partial charge in [0.25, 0.3) is 5.91 Å². The number of nitrogens with one attached hydrogen (secondary N) is 1. The number of rotatable bonds is 4. The Morgan fingerprint density at radius 1 is 1.14 bits per heavy atom. The normalized spacial score (nSPS) is 9.95. The Morgan fingerprint density at radius 3 is 2.52 bits per heavy atom. The van der Waals surface area contributed by atoms with Crippen molar-refractivity contribution in [2.24, 2.45) is 0 Å². The van der Waals surface area contributed by atoms with Crippen LogP contribution >= 0.6 is 0 Å². The summed E-state index contributed by atoms with van der Waals surface area (Å²) in [6.45, 7) is 0.249. The Kier molecular flexibility index (Phi) is 4.62. The van der Waals surface area contributed by atoms with Gasteiger partial charge in [0.2, 0.25) is 0 Å². The quantitative estimate of drug-likeness (QED) is 0.939. The number of hydrogen-bond donors (Lipinski definition) is 1. The standard InChI is InChI=1S/C16H12F2N2O/c17-14-7-11(8-15(18)9-14)4-5-20-16(21)13-3-1-2-12(6-13)10-19/h1-3,6-9H,4-5H2,(H,20,21). The molecule has 0 fully saturated rings. The van der Waals surface area contributed by atoms with Crippen molar-refractivity contribution < 1.29 is 13.6 Å². The highest BCUT2D eigenvalue weighted by molar-refractivity contribution is 5.94. The lowest BCUT2D eigenvalue weighted by Gasteiger charge is -2.06. The van der Waals surface area contributed by atoms with E-state index in [1.807, 2.05) is 6.07 Å². The average molecular weight is 286 g/mol. The number of nitrogens with zero attached hydrogens (tertiary/aromatic N) is 1. The van der Waals surface area contributed by atoms with Gasteiger partial charge in [0, 0.05) is 18.2 Å². The Labute approximate surface area is 120 Å². The number of amides is 1. The van der Waals surface area contributed by atoms with E-state index in [4.69, 9.17) is 5.26 Å². The zero-order valence-electron chi connectivity index (χ0n) is 11.1. The van der Waals surface area contributed by atoms with Crippen LogP contribution in [0.4, 0.5) is 8.78 Å². The van der Waals surface area contributed by atoms with E-state index in [1.165, 1.54) is 18.2 Å². The molecule has 3 nitrogen and oxygen atoms in total. The predicted molar refractivity (Wildman–Crippen MR) is 73.6 cm³/mol. The molecule has 0 spiro atoms. The molecule has 0 aliphatic carbocycles. The zero-order chi connectivity index (χ0) is 15.2. The summed E-state index contributed by atoms with van der Waals surface area (Å²) in [6, 6.07) is 11.5. The summed E-state index contributed by atoms with van der Waals surface area (Å²) in [5.41, 5.74) is 1.24. The summed E-state index contributed by atoms with van der Waals surface area (Å²) >= 11 is 0. The van der Waals surface area contributed by atoms with Crippen LogP contribution in [0.5, 0.6) is 0 Å². The van der Waals surface area contributed by atoms with Crippen LogP contribution in [0.3, 0.4) is 0 Å². The maximum Gasteiger partial charge on any atom is 0.251 e. The van der Waals surface area contributed by atoms with Gasteiger partial charge in [0.05, 0.1) is 11.6 Å². The smallest absolute Gasteiger partial charge is 0.251 e. The molecular weight excluding hydrogens is 274 g/mol. The number of halogens is 2. The van der Waals surface area contributed by atoms with Gasteiger partial charge in [-0.15, -0.1) is 0 Å². The van der Waals surface area contributed by atoms with Crippen LogP contribution in [0, 0.1) is 23.0 Å². The zero-order valence-corrected chi connectivity index (χ0v) is 11.1. The van der Waals surface area contributed by atoms with E-state index >= 15 is 0 Å². The molecule has 0 aromatic heterocycles. The topological polar surface area (TPSA) is 52.9 Å². The number of carbonyl (C=O) groups excluding carboxylic acids is 1. The molecule has 0 unspecified atom stereocenters. The van der Waals surface area contributed by atoms with Gasteiger partial charge in [-0.25, -0.2) is 8.78 Å². The summed E-state index contributed by atoms with van der Waals surface area (Å²) in [5, 5.41) is 11.4. The summed E-state index contributed by atoms with van der Waals surface area (Å²) in [4.78, 5) is 11.9. The van der Waals surface area contributed by atoms with Crippen molar-refractivity contribution in [2.75, 3.05) is 6.54 Å². The molecule has 0 heterocycles. The maximum atomic E-state index is 13.0. The SMILES string of the molecule is N#Cc1cccc(C(=O)NCCc2cc(F)cc(F)c2)c1. The molecule has 1 N–H and O–H groups in total. The lowest BCUT2D eigenvalue weighted by molar-refractivity contribution is 0.0954. The third-order valence-electron chi connectivity index (χ3n) is 2.88. The minimum Gasteiger partial charge on any atom is -0.352 e. The lowest BCUT2D eigenvalue weighted by Crippen LogP contribution is -2.25. The summed E-state index contributed by atoms with van der Waals surface area (Å²) in [5.74, 6) is -1.61. The first kappa shape index (κ1) is 14.7. The molecule has 0 radical (unpaired) electrons. The minimum absolute atomic E-state index is 0.249. The molecule has 2 rings (SSSR count). The second kappa shape index (κ2) is 6.62. The van der Waals surface area contributed by atoms with Gasteiger partial charge in [-0.1, -0.05) is 6.07 Å². The van der Waals surface area contributed by atoms with Crippen molar-refractivity contribution in [1.29, 1.82) is 5.26 Å². The molecule has 0 aliphatic rings. The molecule has 1 amide bonds. The fraction of sp³-hybridized carbons (Fsp3) is 0.125. The van der Waals surface area contributed by atoms with Gasteiger partial charge in [-0.2, -0.15) is 5.26 Å². The fourth-order valence-electron chi connectivity index (χ4n) is 1.91. The molecule has 0 aliphatic heterocycles. The van der Waals surface area contributed by atoms with Crippen LogP contribution < -0.4 is 5.32 Å². The molecule has 21 heavy (non-hydrogen) atoms. The maximum absolute atomic E-state index is 13.0. The lowest BCUT2D eigenvalue weighted by atomic mass is 10.1. The molecule has 5 heteroatoms. The molecule has 0 saturated carbocycles. The Morgan fingerprint density at radius 2 is 1.86 bits per heavy atom. The van der Waals surface area contributed by atoms with Crippen LogP contribution in [0.25, 0.3) is 0 Å². The summed E-state index contributed by atoms with van der Waals surface area (Å²) in [7, 11) is 0. The van der Waals surface area contributed by atoms with Gasteiger partial charge in [0.1, 0.15) is 11.6 Å². The van der Waals surface area contributed by atoms with Gasteiger partial charge in [0.15, 0.2) is 0 Å². The number of carbonyl (C=O) groups is 1. The molecular formula is C16H12F2N2O. The monoisotopic (exact) mass is 286 g/mol. The van der Waals surface area contributed by atoms with Gasteiger partial charge < -0.3 is 5.32 Å². The van der Waals surface area contributed by atoms with Gasteiger partial charge in [-0.3, -0.25) is 4.79 Å². The van der Waals surface area contributed by atoms with Crippen molar-refractivity contribution in [3.63, 3.8) is 0 Å². The molecule has 0 atom stereocenters. The van der Waals surface area contributed by atoms with Gasteiger partial charge in [-0.05, 0) is 42.3 Å². The van der Waals surface area contributed by atoms with E-state index in [1.54, 1.807) is 18.2 Å². The highest BCUT2D eigenvalue weighted by Gasteiger charge is 2.06. The first-order valence-electron chi connectivity index (χ1n) is 6.32. The van der Waals surface area contributed by atoms with Crippen molar-refractivity contribution in [3.8, 4) is 6.07 Å². The summed E-state index contributed by atoms with van der Waals surface area (Å²) < 4.78 is 26.0. The molecule has 0 saturated heterocycles. The number of nitriles is 1. The van der Waals surface area contributed by atoms with Crippen LogP contribution in [-0.2, 0) is 6.42 Å². The number of hydrogen-bond acceptors (Lipinski definition) is 2. The van der Waals surface area contributed by atoms with E-state index < -0.39 is 11.6 Å². The molecule has 0 bridgehead atoms. The van der Waals surface area contributed by atoms with E-state index in [0.29, 0.717) is 23.1 Å². The number of benzene rings is 2. The van der Waals surface area contributed by atoms with Gasteiger partial charge >= 0.3 is 0 Å².